The zero-order chi connectivity index (χ0) is 15.2. The van der Waals surface area contributed by atoms with Gasteiger partial charge >= 0.3 is 6.03 Å². The van der Waals surface area contributed by atoms with Gasteiger partial charge in [0.1, 0.15) is 0 Å². The molecule has 3 amide bonds. The number of amides is 3. The molecule has 1 heterocycles. The molecule has 3 N–H and O–H groups in total. The number of urea groups is 1. The largest absolute Gasteiger partial charge is 0.387 e. The van der Waals surface area contributed by atoms with Crippen molar-refractivity contribution in [1.82, 2.24) is 15.5 Å². The van der Waals surface area contributed by atoms with E-state index in [9.17, 15) is 14.7 Å². The van der Waals surface area contributed by atoms with Crippen molar-refractivity contribution in [2.24, 2.45) is 5.92 Å². The molecule has 0 atom stereocenters. The van der Waals surface area contributed by atoms with E-state index in [0.29, 0.717) is 25.6 Å². The molecule has 0 bridgehead atoms. The lowest BCUT2D eigenvalue weighted by molar-refractivity contribution is -0.132. The summed E-state index contributed by atoms with van der Waals surface area (Å²) in [6.07, 6.45) is 2.56. The van der Waals surface area contributed by atoms with Crippen LogP contribution in [-0.2, 0) is 4.79 Å². The number of aliphatic hydroxyl groups is 1. The number of carbonyl (C=O) groups is 2. The normalized spacial score (nSPS) is 17.6. The summed E-state index contributed by atoms with van der Waals surface area (Å²) < 4.78 is 0. The second-order valence-corrected chi connectivity index (χ2v) is 6.11. The van der Waals surface area contributed by atoms with Gasteiger partial charge in [0.2, 0.25) is 5.91 Å². The topological polar surface area (TPSA) is 81.7 Å². The fourth-order valence-electron chi connectivity index (χ4n) is 2.41. The van der Waals surface area contributed by atoms with E-state index >= 15 is 0 Å². The van der Waals surface area contributed by atoms with E-state index in [1.165, 1.54) is 0 Å². The van der Waals surface area contributed by atoms with Gasteiger partial charge in [0, 0.05) is 19.6 Å². The highest BCUT2D eigenvalue weighted by atomic mass is 16.3. The lowest BCUT2D eigenvalue weighted by Crippen LogP contribution is -2.63. The summed E-state index contributed by atoms with van der Waals surface area (Å²) in [6.45, 7) is 7.90. The van der Waals surface area contributed by atoms with Gasteiger partial charge in [-0.2, -0.15) is 0 Å². The molecule has 20 heavy (non-hydrogen) atoms. The molecule has 116 valence electrons. The van der Waals surface area contributed by atoms with Gasteiger partial charge in [0.05, 0.1) is 12.1 Å². The molecule has 0 aromatic heterocycles. The number of imide groups is 1. The van der Waals surface area contributed by atoms with Crippen molar-refractivity contribution in [2.75, 3.05) is 26.2 Å². The van der Waals surface area contributed by atoms with Crippen LogP contribution in [0.5, 0.6) is 0 Å². The second-order valence-electron chi connectivity index (χ2n) is 6.11. The zero-order valence-corrected chi connectivity index (χ0v) is 12.7. The molecule has 6 nitrogen and oxygen atoms in total. The van der Waals surface area contributed by atoms with Gasteiger partial charge < -0.3 is 10.4 Å². The molecule has 1 aliphatic rings. The Morgan fingerprint density at radius 2 is 2.00 bits per heavy atom. The molecule has 1 rings (SSSR count). The number of rotatable bonds is 7. The average Bonchev–Trinajstić information content (AvgIpc) is 2.26. The van der Waals surface area contributed by atoms with Crippen molar-refractivity contribution in [3.05, 3.63) is 0 Å². The summed E-state index contributed by atoms with van der Waals surface area (Å²) in [4.78, 5) is 24.9. The smallest absolute Gasteiger partial charge is 0.321 e. The number of nitrogens with zero attached hydrogens (tertiary/aromatic N) is 1. The Balaban J connectivity index is 2.14. The highest BCUT2D eigenvalue weighted by Crippen LogP contribution is 2.24. The van der Waals surface area contributed by atoms with E-state index in [-0.39, 0.29) is 12.5 Å². The predicted molar refractivity (Wildman–Crippen MR) is 77.3 cm³/mol. The van der Waals surface area contributed by atoms with Gasteiger partial charge in [-0.25, -0.2) is 4.79 Å². The Morgan fingerprint density at radius 1 is 1.35 bits per heavy atom. The fourth-order valence-corrected chi connectivity index (χ4v) is 2.41. The molecule has 0 unspecified atom stereocenters. The Labute approximate surface area is 120 Å². The summed E-state index contributed by atoms with van der Waals surface area (Å²) >= 11 is 0. The first-order chi connectivity index (χ1) is 9.34. The van der Waals surface area contributed by atoms with Crippen LogP contribution in [0.4, 0.5) is 4.79 Å². The van der Waals surface area contributed by atoms with E-state index < -0.39 is 11.6 Å². The third kappa shape index (κ3) is 5.88. The van der Waals surface area contributed by atoms with Crippen molar-refractivity contribution in [3.8, 4) is 0 Å². The van der Waals surface area contributed by atoms with Crippen molar-refractivity contribution >= 4 is 11.9 Å². The zero-order valence-electron chi connectivity index (χ0n) is 12.7. The van der Waals surface area contributed by atoms with Gasteiger partial charge in [-0.15, -0.1) is 0 Å². The SMILES string of the molecule is CCCC1(O)CN(CC(=O)NC(=O)NCCC(C)C)C1. The fraction of sp³-hybridized carbons (Fsp3) is 0.857. The number of carbonyl (C=O) groups excluding carboxylic acids is 2. The molecule has 0 saturated carbocycles. The number of hydrogen-bond acceptors (Lipinski definition) is 4. The maximum Gasteiger partial charge on any atom is 0.321 e. The third-order valence-corrected chi connectivity index (χ3v) is 3.38. The molecule has 6 heteroatoms. The van der Waals surface area contributed by atoms with E-state index in [1.54, 1.807) is 0 Å². The Morgan fingerprint density at radius 3 is 2.55 bits per heavy atom. The summed E-state index contributed by atoms with van der Waals surface area (Å²) in [5, 5.41) is 14.9. The second kappa shape index (κ2) is 7.59. The van der Waals surface area contributed by atoms with Gasteiger partial charge in [-0.3, -0.25) is 15.0 Å². The van der Waals surface area contributed by atoms with E-state index in [2.05, 4.69) is 24.5 Å². The highest BCUT2D eigenvalue weighted by Gasteiger charge is 2.40. The minimum absolute atomic E-state index is 0.156. The minimum Gasteiger partial charge on any atom is -0.387 e. The number of nitrogens with one attached hydrogen (secondary N) is 2. The van der Waals surface area contributed by atoms with Gasteiger partial charge in [0.15, 0.2) is 0 Å². The maximum absolute atomic E-state index is 11.6. The maximum atomic E-state index is 11.6. The van der Waals surface area contributed by atoms with Crippen LogP contribution < -0.4 is 10.6 Å². The monoisotopic (exact) mass is 285 g/mol. The lowest BCUT2D eigenvalue weighted by Gasteiger charge is -2.46. The van der Waals surface area contributed by atoms with E-state index in [4.69, 9.17) is 0 Å². The van der Waals surface area contributed by atoms with Crippen molar-refractivity contribution < 1.29 is 14.7 Å². The quantitative estimate of drug-likeness (QED) is 0.643. The van der Waals surface area contributed by atoms with Crippen molar-refractivity contribution in [1.29, 1.82) is 0 Å². The van der Waals surface area contributed by atoms with Crippen LogP contribution in [0.25, 0.3) is 0 Å². The first kappa shape index (κ1) is 16.9. The average molecular weight is 285 g/mol. The summed E-state index contributed by atoms with van der Waals surface area (Å²) in [7, 11) is 0. The van der Waals surface area contributed by atoms with E-state index in [0.717, 1.165) is 19.3 Å². The Bertz CT molecular complexity index is 339. The first-order valence-electron chi connectivity index (χ1n) is 7.37. The predicted octanol–water partition coefficient (Wildman–Crippen LogP) is 0.705. The summed E-state index contributed by atoms with van der Waals surface area (Å²) in [6, 6.07) is -0.444. The molecular formula is C14H27N3O3. The van der Waals surface area contributed by atoms with Gasteiger partial charge in [-0.1, -0.05) is 27.2 Å². The first-order valence-corrected chi connectivity index (χ1v) is 7.37. The van der Waals surface area contributed by atoms with Crippen molar-refractivity contribution in [2.45, 2.75) is 45.6 Å². The molecule has 1 aliphatic heterocycles. The molecule has 0 aliphatic carbocycles. The molecule has 1 fully saturated rings. The van der Waals surface area contributed by atoms with Gasteiger partial charge in [0.25, 0.3) is 0 Å². The van der Waals surface area contributed by atoms with Crippen LogP contribution in [0.3, 0.4) is 0 Å². The van der Waals surface area contributed by atoms with Gasteiger partial charge in [-0.05, 0) is 18.8 Å². The van der Waals surface area contributed by atoms with Crippen LogP contribution >= 0.6 is 0 Å². The van der Waals surface area contributed by atoms with Crippen LogP contribution in [-0.4, -0.2) is 53.7 Å². The Kier molecular flexibility index (Phi) is 6.42. The summed E-state index contributed by atoms with van der Waals surface area (Å²) in [5.41, 5.74) is -0.644. The minimum atomic E-state index is -0.644. The van der Waals surface area contributed by atoms with E-state index in [1.807, 2.05) is 11.8 Å². The molecule has 1 saturated heterocycles. The summed E-state index contributed by atoms with van der Waals surface area (Å²) in [5.74, 6) is 0.189. The molecule has 0 radical (unpaired) electrons. The number of hydrogen-bond donors (Lipinski definition) is 3. The molecule has 0 aromatic carbocycles. The lowest BCUT2D eigenvalue weighted by atomic mass is 9.89. The van der Waals surface area contributed by atoms with Crippen LogP contribution in [0.2, 0.25) is 0 Å². The van der Waals surface area contributed by atoms with Crippen molar-refractivity contribution in [3.63, 3.8) is 0 Å². The van der Waals surface area contributed by atoms with Crippen LogP contribution in [0.1, 0.15) is 40.0 Å². The molecule has 0 aromatic rings. The highest BCUT2D eigenvalue weighted by molar-refractivity contribution is 5.95. The molecular weight excluding hydrogens is 258 g/mol. The molecule has 0 spiro atoms. The van der Waals surface area contributed by atoms with Crippen LogP contribution in [0.15, 0.2) is 0 Å². The van der Waals surface area contributed by atoms with Crippen LogP contribution in [0, 0.1) is 5.92 Å². The number of β-amino-alcohol motifs (C(OH)–C–C–N with tert-alkyl or cyclic N) is 1. The Hall–Kier alpha value is -1.14. The number of likely N-dealkylation sites (tertiary alicyclic amines) is 1. The third-order valence-electron chi connectivity index (χ3n) is 3.38. The standard InChI is InChI=1S/C14H27N3O3/c1-4-6-14(20)9-17(10-14)8-12(18)16-13(19)15-7-5-11(2)3/h11,20H,4-10H2,1-3H3,(H2,15,16,18,19).